The molecule has 0 saturated carbocycles. The van der Waals surface area contributed by atoms with E-state index in [1.165, 1.54) is 7.11 Å². The first kappa shape index (κ1) is 25.1. The van der Waals surface area contributed by atoms with Crippen LogP contribution >= 0.6 is 0 Å². The molecule has 8 heteroatoms. The van der Waals surface area contributed by atoms with Crippen molar-refractivity contribution in [2.75, 3.05) is 28.4 Å². The number of carbonyl (C=O) groups is 1. The number of hydrogen-bond acceptors (Lipinski definition) is 7. The second-order valence-corrected chi connectivity index (χ2v) is 8.93. The molecule has 34 heavy (non-hydrogen) atoms. The summed E-state index contributed by atoms with van der Waals surface area (Å²) in [7, 11) is 6.21. The van der Waals surface area contributed by atoms with Crippen LogP contribution in [0.4, 0.5) is 4.79 Å². The van der Waals surface area contributed by atoms with E-state index in [4.69, 9.17) is 23.7 Å². The summed E-state index contributed by atoms with van der Waals surface area (Å²) in [5, 5.41) is 13.4. The zero-order chi connectivity index (χ0) is 25.0. The number of phenols is 1. The van der Waals surface area contributed by atoms with E-state index >= 15 is 0 Å². The Kier molecular flexibility index (Phi) is 7.49. The highest BCUT2D eigenvalue weighted by atomic mass is 16.6. The maximum atomic E-state index is 12.5. The van der Waals surface area contributed by atoms with Crippen LogP contribution in [0, 0.1) is 0 Å². The molecule has 1 aliphatic carbocycles. The van der Waals surface area contributed by atoms with Crippen LogP contribution in [0.25, 0.3) is 5.57 Å². The molecule has 0 aliphatic heterocycles. The SMILES string of the molecule is COc1ccc(C2=CC(NC(=O)OC(C)(C)C)CCc3c2cc(OC)c(OC)c3OC)cc1O. The molecule has 1 atom stereocenters. The molecular weight excluding hydrogens is 438 g/mol. The molecule has 2 aromatic carbocycles. The molecule has 184 valence electrons. The van der Waals surface area contributed by atoms with Gasteiger partial charge in [0.2, 0.25) is 5.75 Å². The maximum absolute atomic E-state index is 12.5. The van der Waals surface area contributed by atoms with Crippen molar-refractivity contribution in [1.82, 2.24) is 5.32 Å². The molecule has 1 amide bonds. The summed E-state index contributed by atoms with van der Waals surface area (Å²) >= 11 is 0. The van der Waals surface area contributed by atoms with E-state index < -0.39 is 11.7 Å². The van der Waals surface area contributed by atoms with Gasteiger partial charge in [-0.15, -0.1) is 0 Å². The number of ether oxygens (including phenoxy) is 5. The molecule has 0 heterocycles. The normalized spacial score (nSPS) is 15.4. The second-order valence-electron chi connectivity index (χ2n) is 8.93. The van der Waals surface area contributed by atoms with Crippen LogP contribution in [0.2, 0.25) is 0 Å². The fourth-order valence-electron chi connectivity index (χ4n) is 4.06. The lowest BCUT2D eigenvalue weighted by Crippen LogP contribution is -2.38. The van der Waals surface area contributed by atoms with Crippen molar-refractivity contribution in [2.24, 2.45) is 0 Å². The molecule has 0 saturated heterocycles. The Morgan fingerprint density at radius 2 is 1.65 bits per heavy atom. The predicted molar refractivity (Wildman–Crippen MR) is 129 cm³/mol. The second kappa shape index (κ2) is 10.2. The van der Waals surface area contributed by atoms with Crippen LogP contribution < -0.4 is 24.3 Å². The molecule has 0 bridgehead atoms. The molecule has 3 rings (SSSR count). The molecular formula is C26H33NO7. The highest BCUT2D eigenvalue weighted by Crippen LogP contribution is 2.47. The summed E-state index contributed by atoms with van der Waals surface area (Å²) in [6.45, 7) is 5.46. The van der Waals surface area contributed by atoms with Crippen LogP contribution in [0.3, 0.4) is 0 Å². The van der Waals surface area contributed by atoms with Gasteiger partial charge in [-0.2, -0.15) is 0 Å². The topological polar surface area (TPSA) is 95.5 Å². The third kappa shape index (κ3) is 5.32. The first-order valence-electron chi connectivity index (χ1n) is 11.0. The first-order valence-corrected chi connectivity index (χ1v) is 11.0. The third-order valence-electron chi connectivity index (χ3n) is 5.49. The Labute approximate surface area is 200 Å². The zero-order valence-electron chi connectivity index (χ0n) is 20.8. The monoisotopic (exact) mass is 471 g/mol. The number of benzene rings is 2. The Hall–Kier alpha value is -3.55. The zero-order valence-corrected chi connectivity index (χ0v) is 20.8. The number of aromatic hydroxyl groups is 1. The number of rotatable bonds is 6. The van der Waals surface area contributed by atoms with E-state index in [0.717, 1.165) is 22.3 Å². The number of hydrogen-bond donors (Lipinski definition) is 2. The minimum Gasteiger partial charge on any atom is -0.504 e. The van der Waals surface area contributed by atoms with Crippen molar-refractivity contribution in [1.29, 1.82) is 0 Å². The number of alkyl carbamates (subject to hydrolysis) is 1. The van der Waals surface area contributed by atoms with E-state index in [1.54, 1.807) is 33.5 Å². The van der Waals surface area contributed by atoms with Gasteiger partial charge in [0.1, 0.15) is 5.60 Å². The van der Waals surface area contributed by atoms with E-state index in [0.29, 0.717) is 35.8 Å². The van der Waals surface area contributed by atoms with Gasteiger partial charge in [-0.1, -0.05) is 12.1 Å². The highest BCUT2D eigenvalue weighted by molar-refractivity contribution is 5.86. The minimum absolute atomic E-state index is 0.00999. The quantitative estimate of drug-likeness (QED) is 0.631. The summed E-state index contributed by atoms with van der Waals surface area (Å²) in [6, 6.07) is 6.74. The number of nitrogens with one attached hydrogen (secondary N) is 1. The van der Waals surface area contributed by atoms with Gasteiger partial charge in [0.15, 0.2) is 23.0 Å². The fraction of sp³-hybridized carbons (Fsp3) is 0.423. The molecule has 2 N–H and O–H groups in total. The van der Waals surface area contributed by atoms with Crippen molar-refractivity contribution in [3.05, 3.63) is 47.0 Å². The van der Waals surface area contributed by atoms with Gasteiger partial charge in [0.25, 0.3) is 0 Å². The smallest absolute Gasteiger partial charge is 0.408 e. The predicted octanol–water partition coefficient (Wildman–Crippen LogP) is 4.70. The Morgan fingerprint density at radius 1 is 0.971 bits per heavy atom. The first-order chi connectivity index (χ1) is 16.1. The lowest BCUT2D eigenvalue weighted by molar-refractivity contribution is 0.0513. The van der Waals surface area contributed by atoms with Crippen molar-refractivity contribution in [2.45, 2.75) is 45.3 Å². The van der Waals surface area contributed by atoms with Crippen LogP contribution in [-0.2, 0) is 11.2 Å². The van der Waals surface area contributed by atoms with E-state index in [-0.39, 0.29) is 11.8 Å². The fourth-order valence-corrected chi connectivity index (χ4v) is 4.06. The molecule has 0 spiro atoms. The highest BCUT2D eigenvalue weighted by Gasteiger charge is 2.28. The van der Waals surface area contributed by atoms with E-state index in [9.17, 15) is 9.90 Å². The Morgan fingerprint density at radius 3 is 2.21 bits per heavy atom. The van der Waals surface area contributed by atoms with Crippen molar-refractivity contribution < 1.29 is 33.6 Å². The van der Waals surface area contributed by atoms with Crippen LogP contribution in [0.1, 0.15) is 43.9 Å². The van der Waals surface area contributed by atoms with E-state index in [1.807, 2.05) is 39.0 Å². The third-order valence-corrected chi connectivity index (χ3v) is 5.49. The summed E-state index contributed by atoms with van der Waals surface area (Å²) in [4.78, 5) is 12.5. The molecule has 0 fully saturated rings. The molecule has 2 aromatic rings. The van der Waals surface area contributed by atoms with Gasteiger partial charge < -0.3 is 34.1 Å². The maximum Gasteiger partial charge on any atom is 0.408 e. The number of methoxy groups -OCH3 is 4. The van der Waals surface area contributed by atoms with Crippen LogP contribution in [-0.4, -0.2) is 51.3 Å². The van der Waals surface area contributed by atoms with Gasteiger partial charge in [-0.3, -0.25) is 0 Å². The van der Waals surface area contributed by atoms with Crippen molar-refractivity contribution in [3.8, 4) is 28.7 Å². The van der Waals surface area contributed by atoms with Gasteiger partial charge in [-0.05, 0) is 68.5 Å². The number of phenolic OH excluding ortho intramolecular Hbond substituents is 1. The number of fused-ring (bicyclic) bond motifs is 1. The molecule has 8 nitrogen and oxygen atoms in total. The molecule has 0 radical (unpaired) electrons. The Balaban J connectivity index is 2.17. The average molecular weight is 472 g/mol. The van der Waals surface area contributed by atoms with Crippen molar-refractivity contribution in [3.63, 3.8) is 0 Å². The summed E-state index contributed by atoms with van der Waals surface area (Å²) in [5.41, 5.74) is 2.69. The minimum atomic E-state index is -0.615. The van der Waals surface area contributed by atoms with Gasteiger partial charge in [0, 0.05) is 5.56 Å². The molecule has 1 aliphatic rings. The largest absolute Gasteiger partial charge is 0.504 e. The average Bonchev–Trinajstić information content (AvgIpc) is 2.95. The Bertz CT molecular complexity index is 1090. The summed E-state index contributed by atoms with van der Waals surface area (Å²) < 4.78 is 27.6. The lowest BCUT2D eigenvalue weighted by Gasteiger charge is -2.22. The van der Waals surface area contributed by atoms with Crippen LogP contribution in [0.15, 0.2) is 30.3 Å². The van der Waals surface area contributed by atoms with Crippen LogP contribution in [0.5, 0.6) is 28.7 Å². The summed E-state index contributed by atoms with van der Waals surface area (Å²) in [5.74, 6) is 1.96. The standard InChI is InChI=1S/C26H33NO7/c1-26(2,3)34-25(29)27-16-9-10-17-19(14-22(31-5)24(33-7)23(17)32-6)18(13-16)15-8-11-21(30-4)20(28)12-15/h8,11-14,16,28H,9-10H2,1-7H3,(H,27,29). The molecule has 1 unspecified atom stereocenters. The number of amides is 1. The molecule has 0 aromatic heterocycles. The lowest BCUT2D eigenvalue weighted by atomic mass is 9.92. The van der Waals surface area contributed by atoms with Gasteiger partial charge in [0.05, 0.1) is 34.5 Å². The van der Waals surface area contributed by atoms with Gasteiger partial charge in [-0.25, -0.2) is 4.79 Å². The summed E-state index contributed by atoms with van der Waals surface area (Å²) in [6.07, 6.45) is 2.66. The number of carbonyl (C=O) groups excluding carboxylic acids is 1. The van der Waals surface area contributed by atoms with Gasteiger partial charge >= 0.3 is 6.09 Å². The van der Waals surface area contributed by atoms with E-state index in [2.05, 4.69) is 5.32 Å². The van der Waals surface area contributed by atoms with Crippen molar-refractivity contribution >= 4 is 11.7 Å².